The first-order chi connectivity index (χ1) is 17.5. The van der Waals surface area contributed by atoms with E-state index in [1.807, 2.05) is 6.07 Å². The van der Waals surface area contributed by atoms with E-state index in [0.717, 1.165) is 28.9 Å². The van der Waals surface area contributed by atoms with Crippen LogP contribution in [0.4, 0.5) is 20.8 Å². The first-order valence-corrected chi connectivity index (χ1v) is 11.7. The van der Waals surface area contributed by atoms with Gasteiger partial charge in [0.15, 0.2) is 18.2 Å². The van der Waals surface area contributed by atoms with Crippen molar-refractivity contribution in [2.24, 2.45) is 5.92 Å². The van der Waals surface area contributed by atoms with E-state index < -0.39 is 6.09 Å². The van der Waals surface area contributed by atoms with Gasteiger partial charge in [0.1, 0.15) is 11.9 Å². The Hall–Kier alpha value is -4.13. The number of carbonyl (C=O) groups is 2. The SMILES string of the molecule is O=C1COc2ncc(N3CC(CCNCC4Cc5c(F)cnc(-c6ccn[nH]6)c5C4)OC3=O)nc2N1. The lowest BCUT2D eigenvalue weighted by Crippen LogP contribution is -2.30. The number of cyclic esters (lactones) is 1. The fraction of sp³-hybridized carbons (Fsp3) is 0.391. The number of nitrogens with zero attached hydrogens (tertiary/aromatic N) is 5. The van der Waals surface area contributed by atoms with Gasteiger partial charge in [-0.1, -0.05) is 0 Å². The number of aromatic amines is 1. The number of hydrogen-bond donors (Lipinski definition) is 3. The van der Waals surface area contributed by atoms with Crippen LogP contribution in [0.5, 0.6) is 5.88 Å². The minimum absolute atomic E-state index is 0.119. The third kappa shape index (κ3) is 4.21. The zero-order valence-electron chi connectivity index (χ0n) is 19.2. The van der Waals surface area contributed by atoms with E-state index in [-0.39, 0.29) is 47.9 Å². The Labute approximate surface area is 204 Å². The second kappa shape index (κ2) is 9.15. The largest absolute Gasteiger partial charge is 0.465 e. The molecule has 0 radical (unpaired) electrons. The van der Waals surface area contributed by atoms with Crippen molar-refractivity contribution in [3.8, 4) is 17.3 Å². The molecule has 36 heavy (non-hydrogen) atoms. The highest BCUT2D eigenvalue weighted by atomic mass is 19.1. The molecular weight excluding hydrogens is 471 g/mol. The van der Waals surface area contributed by atoms with Gasteiger partial charge >= 0.3 is 6.09 Å². The fourth-order valence-electron chi connectivity index (χ4n) is 4.83. The van der Waals surface area contributed by atoms with Gasteiger partial charge in [-0.2, -0.15) is 5.10 Å². The Morgan fingerprint density at radius 2 is 2.08 bits per heavy atom. The van der Waals surface area contributed by atoms with Gasteiger partial charge in [0, 0.05) is 6.20 Å². The highest BCUT2D eigenvalue weighted by Gasteiger charge is 2.34. The van der Waals surface area contributed by atoms with Crippen molar-refractivity contribution >= 4 is 23.6 Å². The lowest BCUT2D eigenvalue weighted by atomic mass is 10.1. The molecule has 0 bridgehead atoms. The van der Waals surface area contributed by atoms with Gasteiger partial charge in [0.25, 0.3) is 11.8 Å². The molecule has 12 nitrogen and oxygen atoms in total. The van der Waals surface area contributed by atoms with Crippen molar-refractivity contribution in [3.63, 3.8) is 0 Å². The number of fused-ring (bicyclic) bond motifs is 2. The number of hydrogen-bond acceptors (Lipinski definition) is 9. The molecule has 1 fully saturated rings. The topological polar surface area (TPSA) is 147 Å². The number of ether oxygens (including phenoxy) is 2. The molecule has 2 atom stereocenters. The average molecular weight is 494 g/mol. The van der Waals surface area contributed by atoms with Crippen molar-refractivity contribution in [3.05, 3.63) is 41.6 Å². The van der Waals surface area contributed by atoms with Gasteiger partial charge in [0.05, 0.1) is 30.3 Å². The van der Waals surface area contributed by atoms with Crippen LogP contribution in [-0.2, 0) is 22.4 Å². The molecule has 2 unspecified atom stereocenters. The maximum absolute atomic E-state index is 14.4. The number of pyridine rings is 1. The number of rotatable bonds is 7. The van der Waals surface area contributed by atoms with Crippen molar-refractivity contribution in [2.75, 3.05) is 36.5 Å². The van der Waals surface area contributed by atoms with E-state index >= 15 is 0 Å². The summed E-state index contributed by atoms with van der Waals surface area (Å²) in [5.41, 5.74) is 3.18. The Morgan fingerprint density at radius 3 is 2.94 bits per heavy atom. The lowest BCUT2D eigenvalue weighted by Gasteiger charge is -2.18. The van der Waals surface area contributed by atoms with Crippen LogP contribution in [0.2, 0.25) is 0 Å². The zero-order valence-corrected chi connectivity index (χ0v) is 19.2. The third-order valence-electron chi connectivity index (χ3n) is 6.54. The molecule has 3 N–H and O–H groups in total. The van der Waals surface area contributed by atoms with E-state index in [1.165, 1.54) is 17.3 Å². The number of halogens is 1. The van der Waals surface area contributed by atoms with Crippen LogP contribution in [0.1, 0.15) is 17.5 Å². The summed E-state index contributed by atoms with van der Waals surface area (Å²) < 4.78 is 25.1. The summed E-state index contributed by atoms with van der Waals surface area (Å²) in [4.78, 5) is 38.0. The van der Waals surface area contributed by atoms with Gasteiger partial charge < -0.3 is 20.1 Å². The molecule has 13 heteroatoms. The number of carbonyl (C=O) groups excluding carboxylic acids is 2. The summed E-state index contributed by atoms with van der Waals surface area (Å²) in [5, 5.41) is 12.9. The van der Waals surface area contributed by atoms with Crippen molar-refractivity contribution in [1.82, 2.24) is 30.5 Å². The Balaban J connectivity index is 1.01. The Bertz CT molecular complexity index is 1320. The van der Waals surface area contributed by atoms with Crippen molar-refractivity contribution in [1.29, 1.82) is 0 Å². The summed E-state index contributed by atoms with van der Waals surface area (Å²) in [7, 11) is 0. The first kappa shape index (κ1) is 22.3. The van der Waals surface area contributed by atoms with E-state index in [9.17, 15) is 14.0 Å². The van der Waals surface area contributed by atoms with Gasteiger partial charge in [-0.05, 0) is 55.5 Å². The maximum atomic E-state index is 14.4. The molecule has 186 valence electrons. The third-order valence-corrected chi connectivity index (χ3v) is 6.54. The monoisotopic (exact) mass is 494 g/mol. The fourth-order valence-corrected chi connectivity index (χ4v) is 4.83. The second-order valence-electron chi connectivity index (χ2n) is 8.98. The summed E-state index contributed by atoms with van der Waals surface area (Å²) in [6.07, 6.45) is 5.49. The predicted octanol–water partition coefficient (Wildman–Crippen LogP) is 1.45. The molecule has 0 saturated carbocycles. The van der Waals surface area contributed by atoms with Crippen molar-refractivity contribution in [2.45, 2.75) is 25.4 Å². The van der Waals surface area contributed by atoms with Crippen LogP contribution >= 0.6 is 0 Å². The molecule has 1 saturated heterocycles. The molecular formula is C23H23FN8O4. The van der Waals surface area contributed by atoms with Gasteiger partial charge in [-0.3, -0.25) is 19.8 Å². The molecule has 5 heterocycles. The van der Waals surface area contributed by atoms with E-state index in [1.54, 1.807) is 6.20 Å². The Kier molecular flexibility index (Phi) is 5.68. The second-order valence-corrected chi connectivity index (χ2v) is 8.98. The van der Waals surface area contributed by atoms with Crippen LogP contribution in [0.15, 0.2) is 24.7 Å². The average Bonchev–Trinajstić information content (AvgIpc) is 3.62. The number of H-pyrrole nitrogens is 1. The van der Waals surface area contributed by atoms with E-state index in [2.05, 4.69) is 35.8 Å². The van der Waals surface area contributed by atoms with Gasteiger partial charge in [-0.25, -0.2) is 19.2 Å². The van der Waals surface area contributed by atoms with Gasteiger partial charge in [0.2, 0.25) is 0 Å². The standard InChI is InChI=1S/C23H23FN8O4/c24-16-8-26-20(17-2-4-28-31-17)15-6-12(5-14(15)16)7-25-3-1-13-10-32(23(34)36-13)18-9-27-22-21(29-18)30-19(33)11-35-22/h2,4,8-9,12-13,25H,1,3,5-7,10-11H2,(H,28,31)(H,29,30,33). The normalized spacial score (nSPS) is 20.5. The molecule has 6 rings (SSSR count). The zero-order chi connectivity index (χ0) is 24.6. The number of anilines is 2. The van der Waals surface area contributed by atoms with Crippen molar-refractivity contribution < 1.29 is 23.5 Å². The Morgan fingerprint density at radius 1 is 1.19 bits per heavy atom. The predicted molar refractivity (Wildman–Crippen MR) is 124 cm³/mol. The quantitative estimate of drug-likeness (QED) is 0.415. The maximum Gasteiger partial charge on any atom is 0.415 e. The molecule has 0 spiro atoms. The molecule has 3 aromatic heterocycles. The summed E-state index contributed by atoms with van der Waals surface area (Å²) in [6, 6.07) is 1.83. The minimum atomic E-state index is -0.516. The van der Waals surface area contributed by atoms with Crippen LogP contribution < -0.4 is 20.3 Å². The molecule has 0 aromatic carbocycles. The van der Waals surface area contributed by atoms with Crippen LogP contribution in [0.3, 0.4) is 0 Å². The van der Waals surface area contributed by atoms with E-state index in [0.29, 0.717) is 32.5 Å². The molecule has 2 aliphatic heterocycles. The number of amides is 2. The smallest absolute Gasteiger partial charge is 0.415 e. The molecule has 1 aliphatic carbocycles. The number of aromatic nitrogens is 5. The number of nitrogens with one attached hydrogen (secondary N) is 3. The summed E-state index contributed by atoms with van der Waals surface area (Å²) in [5.74, 6) is 0.321. The van der Waals surface area contributed by atoms with Crippen LogP contribution in [0, 0.1) is 11.7 Å². The summed E-state index contributed by atoms with van der Waals surface area (Å²) in [6.45, 7) is 1.54. The van der Waals surface area contributed by atoms with E-state index in [4.69, 9.17) is 9.47 Å². The van der Waals surface area contributed by atoms with Crippen LogP contribution in [0.25, 0.3) is 11.4 Å². The summed E-state index contributed by atoms with van der Waals surface area (Å²) >= 11 is 0. The first-order valence-electron chi connectivity index (χ1n) is 11.7. The lowest BCUT2D eigenvalue weighted by molar-refractivity contribution is -0.118. The molecule has 3 aliphatic rings. The van der Waals surface area contributed by atoms with Gasteiger partial charge in [-0.15, -0.1) is 0 Å². The minimum Gasteiger partial charge on any atom is -0.465 e. The van der Waals surface area contributed by atoms with Crippen LogP contribution in [-0.4, -0.2) is 69.5 Å². The highest BCUT2D eigenvalue weighted by molar-refractivity contribution is 5.94. The molecule has 3 aromatic rings. The molecule has 2 amide bonds. The highest BCUT2D eigenvalue weighted by Crippen LogP contribution is 2.34.